The molecule has 0 amide bonds. The maximum absolute atomic E-state index is 11.5. The molecule has 0 spiro atoms. The minimum atomic E-state index is -0.576. The number of aromatic nitrogens is 1. The van der Waals surface area contributed by atoms with Crippen LogP contribution in [0.15, 0.2) is 16.7 Å². The Kier molecular flexibility index (Phi) is 4.42. The lowest BCUT2D eigenvalue weighted by Crippen LogP contribution is -2.47. The van der Waals surface area contributed by atoms with Crippen molar-refractivity contribution in [3.05, 3.63) is 21.8 Å². The van der Waals surface area contributed by atoms with E-state index in [2.05, 4.69) is 25.7 Å². The number of carbonyl (C=O) groups excluding carboxylic acids is 1. The number of hydrogen-bond acceptors (Lipinski definition) is 5. The number of hydrogen-bond donors (Lipinski definition) is 0. The molecule has 98 valence electrons. The Morgan fingerprint density at radius 1 is 1.72 bits per heavy atom. The van der Waals surface area contributed by atoms with Crippen molar-refractivity contribution in [1.82, 2.24) is 4.98 Å². The molecule has 2 rings (SSSR count). The van der Waals surface area contributed by atoms with E-state index in [-0.39, 0.29) is 5.97 Å². The first-order chi connectivity index (χ1) is 8.61. The highest BCUT2D eigenvalue weighted by Crippen LogP contribution is 2.27. The van der Waals surface area contributed by atoms with Crippen LogP contribution in [0.5, 0.6) is 0 Å². The van der Waals surface area contributed by atoms with Crippen molar-refractivity contribution < 1.29 is 14.3 Å². The van der Waals surface area contributed by atoms with Crippen molar-refractivity contribution in [2.75, 3.05) is 31.7 Å². The quantitative estimate of drug-likeness (QED) is 0.772. The fourth-order valence-electron chi connectivity index (χ4n) is 1.76. The summed E-state index contributed by atoms with van der Waals surface area (Å²) in [6.45, 7) is 1.54. The lowest BCUT2D eigenvalue weighted by atomic mass is 10.2. The summed E-state index contributed by atoms with van der Waals surface area (Å²) >= 11 is 9.26. The van der Waals surface area contributed by atoms with Gasteiger partial charge >= 0.3 is 5.97 Å². The summed E-state index contributed by atoms with van der Waals surface area (Å²) < 4.78 is 10.8. The number of carbonyl (C=O) groups is 1. The van der Waals surface area contributed by atoms with Crippen LogP contribution in [0.2, 0.25) is 5.02 Å². The summed E-state index contributed by atoms with van der Waals surface area (Å²) in [5.74, 6) is 0.376. The van der Waals surface area contributed by atoms with Gasteiger partial charge in [-0.15, -0.1) is 0 Å². The van der Waals surface area contributed by atoms with E-state index in [9.17, 15) is 4.79 Å². The summed E-state index contributed by atoms with van der Waals surface area (Å²) in [5.41, 5.74) is 0. The van der Waals surface area contributed by atoms with Crippen molar-refractivity contribution in [2.45, 2.75) is 6.10 Å². The fourth-order valence-corrected chi connectivity index (χ4v) is 2.65. The van der Waals surface area contributed by atoms with Crippen molar-refractivity contribution in [2.24, 2.45) is 0 Å². The molecular weight excluding hydrogens is 323 g/mol. The van der Waals surface area contributed by atoms with Crippen LogP contribution in [-0.4, -0.2) is 43.9 Å². The topological polar surface area (TPSA) is 51.7 Å². The molecule has 0 aromatic carbocycles. The van der Waals surface area contributed by atoms with Gasteiger partial charge in [-0.25, -0.2) is 9.78 Å². The number of pyridine rings is 1. The molecule has 1 aromatic rings. The van der Waals surface area contributed by atoms with Crippen LogP contribution < -0.4 is 4.90 Å². The first kappa shape index (κ1) is 13.6. The largest absolute Gasteiger partial charge is 0.467 e. The molecule has 1 saturated heterocycles. The SMILES string of the molecule is COC(=O)C1CN(c2ncc(Cl)cc2Br)CCO1. The Balaban J connectivity index is 2.15. The van der Waals surface area contributed by atoms with Gasteiger partial charge in [-0.3, -0.25) is 0 Å². The lowest BCUT2D eigenvalue weighted by Gasteiger charge is -2.32. The van der Waals surface area contributed by atoms with Crippen LogP contribution in [-0.2, 0) is 14.3 Å². The minimum absolute atomic E-state index is 0.371. The molecule has 7 heteroatoms. The monoisotopic (exact) mass is 334 g/mol. The zero-order chi connectivity index (χ0) is 13.1. The predicted octanol–water partition coefficient (Wildman–Crippen LogP) is 1.88. The Morgan fingerprint density at radius 2 is 2.50 bits per heavy atom. The molecule has 1 atom stereocenters. The molecule has 0 bridgehead atoms. The molecule has 1 aliphatic rings. The van der Waals surface area contributed by atoms with Gasteiger partial charge in [0.25, 0.3) is 0 Å². The number of anilines is 1. The second-order valence-corrected chi connectivity index (χ2v) is 5.08. The Morgan fingerprint density at radius 3 is 3.17 bits per heavy atom. The first-order valence-electron chi connectivity index (χ1n) is 5.37. The van der Waals surface area contributed by atoms with Crippen molar-refractivity contribution >= 4 is 39.3 Å². The Hall–Kier alpha value is -0.850. The molecule has 0 N–H and O–H groups in total. The Bertz CT molecular complexity index is 458. The van der Waals surface area contributed by atoms with Gasteiger partial charge in [0.1, 0.15) is 5.82 Å². The maximum atomic E-state index is 11.5. The van der Waals surface area contributed by atoms with E-state index >= 15 is 0 Å². The number of rotatable bonds is 2. The highest BCUT2D eigenvalue weighted by molar-refractivity contribution is 9.10. The highest BCUT2D eigenvalue weighted by atomic mass is 79.9. The van der Waals surface area contributed by atoms with Crippen LogP contribution in [0, 0.1) is 0 Å². The highest BCUT2D eigenvalue weighted by Gasteiger charge is 2.28. The predicted molar refractivity (Wildman–Crippen MR) is 70.9 cm³/mol. The molecule has 1 fully saturated rings. The van der Waals surface area contributed by atoms with Gasteiger partial charge in [-0.1, -0.05) is 11.6 Å². The third kappa shape index (κ3) is 2.93. The summed E-state index contributed by atoms with van der Waals surface area (Å²) in [6, 6.07) is 1.77. The standard InChI is InChI=1S/C11H12BrClN2O3/c1-17-11(16)9-6-15(2-3-18-9)10-8(12)4-7(13)5-14-10/h4-5,9H,2-3,6H2,1H3. The molecular formula is C11H12BrClN2O3. The smallest absolute Gasteiger partial charge is 0.336 e. The second kappa shape index (κ2) is 5.86. The van der Waals surface area contributed by atoms with Gasteiger partial charge in [0.15, 0.2) is 6.10 Å². The average molecular weight is 336 g/mol. The average Bonchev–Trinajstić information content (AvgIpc) is 2.38. The molecule has 2 heterocycles. The van der Waals surface area contributed by atoms with Crippen molar-refractivity contribution in [3.63, 3.8) is 0 Å². The molecule has 1 aromatic heterocycles. The van der Waals surface area contributed by atoms with Crippen LogP contribution >= 0.6 is 27.5 Å². The van der Waals surface area contributed by atoms with E-state index in [1.54, 1.807) is 12.3 Å². The molecule has 18 heavy (non-hydrogen) atoms. The lowest BCUT2D eigenvalue weighted by molar-refractivity contribution is -0.154. The van der Waals surface area contributed by atoms with E-state index in [0.717, 1.165) is 10.3 Å². The number of methoxy groups -OCH3 is 1. The normalized spacial score (nSPS) is 19.7. The number of halogens is 2. The van der Waals surface area contributed by atoms with Gasteiger partial charge in [0.2, 0.25) is 0 Å². The summed E-state index contributed by atoms with van der Waals surface area (Å²) in [6.07, 6.45) is 0.998. The van der Waals surface area contributed by atoms with Crippen molar-refractivity contribution in [3.8, 4) is 0 Å². The van der Waals surface area contributed by atoms with Crippen LogP contribution in [0.3, 0.4) is 0 Å². The number of nitrogens with zero attached hydrogens (tertiary/aromatic N) is 2. The molecule has 0 saturated carbocycles. The van der Waals surface area contributed by atoms with Crippen molar-refractivity contribution in [1.29, 1.82) is 0 Å². The van der Waals surface area contributed by atoms with Gasteiger partial charge in [-0.05, 0) is 22.0 Å². The van der Waals surface area contributed by atoms with E-state index < -0.39 is 6.10 Å². The molecule has 1 unspecified atom stereocenters. The van der Waals surface area contributed by atoms with E-state index in [4.69, 9.17) is 16.3 Å². The van der Waals surface area contributed by atoms with Gasteiger partial charge in [-0.2, -0.15) is 0 Å². The van der Waals surface area contributed by atoms with E-state index in [1.807, 2.05) is 4.90 Å². The number of esters is 1. The minimum Gasteiger partial charge on any atom is -0.467 e. The molecule has 0 aliphatic carbocycles. The van der Waals surface area contributed by atoms with Gasteiger partial charge < -0.3 is 14.4 Å². The van der Waals surface area contributed by atoms with E-state index in [1.165, 1.54) is 7.11 Å². The summed E-state index contributed by atoms with van der Waals surface area (Å²) in [4.78, 5) is 17.7. The zero-order valence-corrected chi connectivity index (χ0v) is 12.1. The molecule has 1 aliphatic heterocycles. The summed E-state index contributed by atoms with van der Waals surface area (Å²) in [7, 11) is 1.35. The maximum Gasteiger partial charge on any atom is 0.336 e. The third-order valence-electron chi connectivity index (χ3n) is 2.62. The van der Waals surface area contributed by atoms with Gasteiger partial charge in [0.05, 0.1) is 29.8 Å². The zero-order valence-electron chi connectivity index (χ0n) is 9.73. The second-order valence-electron chi connectivity index (χ2n) is 3.79. The third-order valence-corrected chi connectivity index (χ3v) is 3.41. The van der Waals surface area contributed by atoms with Crippen LogP contribution in [0.25, 0.3) is 0 Å². The molecule has 5 nitrogen and oxygen atoms in total. The summed E-state index contributed by atoms with van der Waals surface area (Å²) in [5, 5.41) is 0.559. The fraction of sp³-hybridized carbons (Fsp3) is 0.455. The Labute approximate surface area is 118 Å². The molecule has 0 radical (unpaired) electrons. The number of morpholine rings is 1. The first-order valence-corrected chi connectivity index (χ1v) is 6.54. The number of ether oxygens (including phenoxy) is 2. The van der Waals surface area contributed by atoms with Crippen LogP contribution in [0.4, 0.5) is 5.82 Å². The van der Waals surface area contributed by atoms with Gasteiger partial charge in [0, 0.05) is 12.7 Å². The van der Waals surface area contributed by atoms with E-state index in [0.29, 0.717) is 24.7 Å². The van der Waals surface area contributed by atoms with Crippen LogP contribution in [0.1, 0.15) is 0 Å².